The Morgan fingerprint density at radius 1 is 0.821 bits per heavy atom. The number of carbonyl (C=O) groups excluding carboxylic acids is 2. The van der Waals surface area contributed by atoms with Crippen molar-refractivity contribution >= 4 is 11.8 Å². The zero-order chi connectivity index (χ0) is 19.5. The number of piperazine rings is 1. The Morgan fingerprint density at radius 2 is 1.50 bits per heavy atom. The lowest BCUT2D eigenvalue weighted by Gasteiger charge is -2.36. The van der Waals surface area contributed by atoms with Crippen molar-refractivity contribution in [2.24, 2.45) is 0 Å². The molecule has 0 radical (unpaired) electrons. The van der Waals surface area contributed by atoms with Gasteiger partial charge >= 0.3 is 0 Å². The minimum absolute atomic E-state index is 0.0846. The highest BCUT2D eigenvalue weighted by Crippen LogP contribution is 2.19. The predicted molar refractivity (Wildman–Crippen MR) is 104 cm³/mol. The Hall–Kier alpha value is -2.73. The number of rotatable bonds is 3. The van der Waals surface area contributed by atoms with Gasteiger partial charge in [0, 0.05) is 44.8 Å². The molecule has 28 heavy (non-hydrogen) atoms. The van der Waals surface area contributed by atoms with Gasteiger partial charge in [0.05, 0.1) is 6.54 Å². The molecule has 0 spiro atoms. The van der Waals surface area contributed by atoms with Gasteiger partial charge in [0.15, 0.2) is 0 Å². The second kappa shape index (κ2) is 8.10. The molecule has 5 nitrogen and oxygen atoms in total. The maximum Gasteiger partial charge on any atom is 0.253 e. The van der Waals surface area contributed by atoms with Gasteiger partial charge in [-0.1, -0.05) is 24.3 Å². The van der Waals surface area contributed by atoms with E-state index in [1.165, 1.54) is 35.4 Å². The van der Waals surface area contributed by atoms with Gasteiger partial charge in [-0.05, 0) is 41.8 Å². The van der Waals surface area contributed by atoms with Crippen molar-refractivity contribution < 1.29 is 14.0 Å². The third-order valence-corrected chi connectivity index (χ3v) is 5.59. The molecule has 2 aliphatic heterocycles. The lowest BCUT2D eigenvalue weighted by atomic mass is 10.00. The van der Waals surface area contributed by atoms with Crippen molar-refractivity contribution in [1.29, 1.82) is 0 Å². The van der Waals surface area contributed by atoms with Crippen LogP contribution in [0.2, 0.25) is 0 Å². The van der Waals surface area contributed by atoms with E-state index in [0.717, 1.165) is 13.0 Å². The molecule has 6 heteroatoms. The monoisotopic (exact) mass is 381 g/mol. The molecule has 0 atom stereocenters. The van der Waals surface area contributed by atoms with E-state index in [9.17, 15) is 14.0 Å². The van der Waals surface area contributed by atoms with Crippen LogP contribution in [0.3, 0.4) is 0 Å². The second-order valence-electron chi connectivity index (χ2n) is 7.41. The molecule has 1 fully saturated rings. The summed E-state index contributed by atoms with van der Waals surface area (Å²) >= 11 is 0. The SMILES string of the molecule is O=C(CN1CCN(C(=O)c2ccc(F)cc2)CC1)N1CCc2ccccc2C1. The summed E-state index contributed by atoms with van der Waals surface area (Å²) in [7, 11) is 0. The summed E-state index contributed by atoms with van der Waals surface area (Å²) in [5, 5.41) is 0. The van der Waals surface area contributed by atoms with Gasteiger partial charge in [-0.3, -0.25) is 14.5 Å². The lowest BCUT2D eigenvalue weighted by molar-refractivity contribution is -0.133. The summed E-state index contributed by atoms with van der Waals surface area (Å²) in [4.78, 5) is 31.0. The van der Waals surface area contributed by atoms with Gasteiger partial charge in [0.1, 0.15) is 5.82 Å². The first-order valence-electron chi connectivity index (χ1n) is 9.72. The zero-order valence-electron chi connectivity index (χ0n) is 15.8. The molecule has 2 amide bonds. The molecule has 0 bridgehead atoms. The van der Waals surface area contributed by atoms with Crippen LogP contribution in [-0.2, 0) is 17.8 Å². The molecule has 4 rings (SSSR count). The highest BCUT2D eigenvalue weighted by atomic mass is 19.1. The Kier molecular flexibility index (Phi) is 5.39. The van der Waals surface area contributed by atoms with Crippen molar-refractivity contribution in [3.8, 4) is 0 Å². The minimum atomic E-state index is -0.347. The molecule has 2 heterocycles. The van der Waals surface area contributed by atoms with Crippen molar-refractivity contribution in [3.05, 3.63) is 71.0 Å². The Balaban J connectivity index is 1.28. The highest BCUT2D eigenvalue weighted by molar-refractivity contribution is 5.94. The van der Waals surface area contributed by atoms with Gasteiger partial charge in [0.25, 0.3) is 5.91 Å². The number of hydrogen-bond acceptors (Lipinski definition) is 3. The smallest absolute Gasteiger partial charge is 0.253 e. The van der Waals surface area contributed by atoms with Crippen LogP contribution in [-0.4, -0.2) is 65.8 Å². The molecule has 0 unspecified atom stereocenters. The average Bonchev–Trinajstić information content (AvgIpc) is 2.74. The standard InChI is InChI=1S/C22H24FN3O2/c23-20-7-5-18(6-8-20)22(28)25-13-11-24(12-14-25)16-21(27)26-10-9-17-3-1-2-4-19(17)15-26/h1-8H,9-16H2. The van der Waals surface area contributed by atoms with Gasteiger partial charge < -0.3 is 9.80 Å². The first-order valence-corrected chi connectivity index (χ1v) is 9.72. The van der Waals surface area contributed by atoms with Gasteiger partial charge in [-0.15, -0.1) is 0 Å². The number of carbonyl (C=O) groups is 2. The van der Waals surface area contributed by atoms with Crippen LogP contribution in [0, 0.1) is 5.82 Å². The van der Waals surface area contributed by atoms with Crippen molar-refractivity contribution in [1.82, 2.24) is 14.7 Å². The molecule has 0 aromatic heterocycles. The molecule has 0 saturated carbocycles. The van der Waals surface area contributed by atoms with Crippen LogP contribution in [0.15, 0.2) is 48.5 Å². The normalized spacial score (nSPS) is 17.3. The number of amides is 2. The van der Waals surface area contributed by atoms with E-state index in [1.807, 2.05) is 17.0 Å². The highest BCUT2D eigenvalue weighted by Gasteiger charge is 2.26. The Bertz CT molecular complexity index is 860. The summed E-state index contributed by atoms with van der Waals surface area (Å²) in [6.07, 6.45) is 0.905. The minimum Gasteiger partial charge on any atom is -0.337 e. The largest absolute Gasteiger partial charge is 0.337 e. The molecule has 146 valence electrons. The second-order valence-corrected chi connectivity index (χ2v) is 7.41. The third kappa shape index (κ3) is 4.07. The molecule has 2 aliphatic rings. The van der Waals surface area contributed by atoms with Crippen molar-refractivity contribution in [2.75, 3.05) is 39.3 Å². The van der Waals surface area contributed by atoms with E-state index in [4.69, 9.17) is 0 Å². The Labute approximate surface area is 164 Å². The quantitative estimate of drug-likeness (QED) is 0.819. The maximum absolute atomic E-state index is 13.0. The third-order valence-electron chi connectivity index (χ3n) is 5.59. The van der Waals surface area contributed by atoms with Crippen LogP contribution >= 0.6 is 0 Å². The number of hydrogen-bond donors (Lipinski definition) is 0. The van der Waals surface area contributed by atoms with Gasteiger partial charge in [0.2, 0.25) is 5.91 Å². The number of nitrogens with zero attached hydrogens (tertiary/aromatic N) is 3. The summed E-state index contributed by atoms with van der Waals surface area (Å²) in [5.74, 6) is -0.286. The Morgan fingerprint density at radius 3 is 2.21 bits per heavy atom. The fourth-order valence-electron chi connectivity index (χ4n) is 3.88. The first kappa shape index (κ1) is 18.6. The van der Waals surface area contributed by atoms with Gasteiger partial charge in [-0.2, -0.15) is 0 Å². The van der Waals surface area contributed by atoms with E-state index < -0.39 is 0 Å². The fraction of sp³-hybridized carbons (Fsp3) is 0.364. The average molecular weight is 381 g/mol. The van der Waals surface area contributed by atoms with Gasteiger partial charge in [-0.25, -0.2) is 4.39 Å². The number of benzene rings is 2. The first-order chi connectivity index (χ1) is 13.6. The molecule has 2 aromatic carbocycles. The van der Waals surface area contributed by atoms with E-state index in [0.29, 0.717) is 44.8 Å². The molecule has 0 N–H and O–H groups in total. The summed E-state index contributed by atoms with van der Waals surface area (Å²) in [5.41, 5.74) is 3.06. The summed E-state index contributed by atoms with van der Waals surface area (Å²) < 4.78 is 13.0. The predicted octanol–water partition coefficient (Wildman–Crippen LogP) is 2.17. The van der Waals surface area contributed by atoms with E-state index >= 15 is 0 Å². The molecule has 0 aliphatic carbocycles. The zero-order valence-corrected chi connectivity index (χ0v) is 15.8. The van der Waals surface area contributed by atoms with Crippen LogP contribution in [0.1, 0.15) is 21.5 Å². The lowest BCUT2D eigenvalue weighted by Crippen LogP contribution is -2.52. The molecular weight excluding hydrogens is 357 g/mol. The molecular formula is C22H24FN3O2. The number of halogens is 1. The van der Waals surface area contributed by atoms with Crippen LogP contribution in [0.4, 0.5) is 4.39 Å². The fourth-order valence-corrected chi connectivity index (χ4v) is 3.88. The van der Waals surface area contributed by atoms with E-state index in [1.54, 1.807) is 4.90 Å². The maximum atomic E-state index is 13.0. The summed E-state index contributed by atoms with van der Waals surface area (Å²) in [6.45, 7) is 4.32. The molecule has 2 aromatic rings. The van der Waals surface area contributed by atoms with Crippen LogP contribution in [0.25, 0.3) is 0 Å². The van der Waals surface area contributed by atoms with E-state index in [-0.39, 0.29) is 17.6 Å². The van der Waals surface area contributed by atoms with Crippen molar-refractivity contribution in [3.63, 3.8) is 0 Å². The van der Waals surface area contributed by atoms with Crippen molar-refractivity contribution in [2.45, 2.75) is 13.0 Å². The topological polar surface area (TPSA) is 43.9 Å². The van der Waals surface area contributed by atoms with Crippen LogP contribution < -0.4 is 0 Å². The summed E-state index contributed by atoms with van der Waals surface area (Å²) in [6, 6.07) is 13.9. The number of fused-ring (bicyclic) bond motifs is 1. The van der Waals surface area contributed by atoms with Crippen LogP contribution in [0.5, 0.6) is 0 Å². The van der Waals surface area contributed by atoms with E-state index in [2.05, 4.69) is 17.0 Å². The molecule has 1 saturated heterocycles.